The van der Waals surface area contributed by atoms with E-state index < -0.39 is 8.07 Å². The number of fused-ring (bicyclic) bond motifs is 2. The van der Waals surface area contributed by atoms with Crippen LogP contribution >= 0.6 is 0 Å². The van der Waals surface area contributed by atoms with Crippen LogP contribution in [0.25, 0.3) is 5.57 Å². The predicted octanol–water partition coefficient (Wildman–Crippen LogP) is 5.97. The molecular weight excluding hydrogens is 444 g/mol. The first kappa shape index (κ1) is 23.1. The number of benzene rings is 3. The Morgan fingerprint density at radius 1 is 0.829 bits per heavy atom. The van der Waals surface area contributed by atoms with Gasteiger partial charge in [0.05, 0.1) is 31.2 Å². The Bertz CT molecular complexity index is 1450. The Morgan fingerprint density at radius 3 is 2.26 bits per heavy atom. The zero-order valence-corrected chi connectivity index (χ0v) is 22.0. The average molecular weight is 476 g/mol. The Balaban J connectivity index is 1.62. The fraction of sp³-hybridized carbons (Fsp3) is 0.167. The maximum absolute atomic E-state index is 8.32. The molecule has 1 aliphatic heterocycles. The van der Waals surface area contributed by atoms with Crippen molar-refractivity contribution < 1.29 is 4.90 Å². The van der Waals surface area contributed by atoms with Gasteiger partial charge >= 0.3 is 0 Å². The summed E-state index contributed by atoms with van der Waals surface area (Å²) in [5.41, 5.74) is 9.73. The van der Waals surface area contributed by atoms with Gasteiger partial charge in [-0.1, -0.05) is 55.1 Å². The molecule has 0 amide bonds. The van der Waals surface area contributed by atoms with E-state index in [2.05, 4.69) is 111 Å². The van der Waals surface area contributed by atoms with Gasteiger partial charge in [-0.05, 0) is 76.0 Å². The van der Waals surface area contributed by atoms with E-state index in [9.17, 15) is 0 Å². The first-order chi connectivity index (χ1) is 16.7. The molecule has 5 rings (SSSR count). The lowest BCUT2D eigenvalue weighted by Crippen LogP contribution is -3.00. The molecule has 35 heavy (non-hydrogen) atoms. The van der Waals surface area contributed by atoms with Gasteiger partial charge in [0.1, 0.15) is 13.8 Å². The molecule has 0 bridgehead atoms. The van der Waals surface area contributed by atoms with Gasteiger partial charge in [0.25, 0.3) is 0 Å². The van der Waals surface area contributed by atoms with Gasteiger partial charge < -0.3 is 10.3 Å². The molecule has 1 aliphatic carbocycles. The minimum atomic E-state index is -2.06. The summed E-state index contributed by atoms with van der Waals surface area (Å²) < 4.78 is 0. The van der Waals surface area contributed by atoms with Gasteiger partial charge in [-0.15, -0.1) is 0 Å². The molecule has 0 saturated heterocycles. The summed E-state index contributed by atoms with van der Waals surface area (Å²) in [6, 6.07) is 23.4. The summed E-state index contributed by atoms with van der Waals surface area (Å²) in [4.78, 5) is 1.28. The predicted molar refractivity (Wildman–Crippen MR) is 149 cm³/mol. The van der Waals surface area contributed by atoms with Crippen molar-refractivity contribution in [1.82, 2.24) is 0 Å². The zero-order valence-electron chi connectivity index (χ0n) is 21.0. The molecule has 3 aromatic rings. The van der Waals surface area contributed by atoms with E-state index in [0.717, 1.165) is 11.4 Å². The molecule has 0 radical (unpaired) electrons. The molecule has 174 valence electrons. The summed E-state index contributed by atoms with van der Waals surface area (Å²) in [7, 11) is 2.16. The Morgan fingerprint density at radius 2 is 1.54 bits per heavy atom. The number of rotatable bonds is 4. The summed E-state index contributed by atoms with van der Waals surface area (Å²) >= 11 is 0. The van der Waals surface area contributed by atoms with Crippen molar-refractivity contribution in [2.75, 3.05) is 14.1 Å². The van der Waals surface area contributed by atoms with Crippen molar-refractivity contribution in [2.24, 2.45) is 10.2 Å². The van der Waals surface area contributed by atoms with Crippen molar-refractivity contribution in [3.63, 3.8) is 0 Å². The molecular formula is C30H31N4Si+. The van der Waals surface area contributed by atoms with Gasteiger partial charge in [0.15, 0.2) is 0 Å². The van der Waals surface area contributed by atoms with Gasteiger partial charge in [-0.25, -0.2) is 0 Å². The topological polar surface area (TPSA) is 53.0 Å². The Hall–Kier alpha value is -3.67. The molecule has 2 aliphatic rings. The highest BCUT2D eigenvalue weighted by atomic mass is 28.3. The van der Waals surface area contributed by atoms with Crippen LogP contribution in [0.4, 0.5) is 17.1 Å². The third-order valence-corrected chi connectivity index (χ3v) is 10.5. The van der Waals surface area contributed by atoms with Gasteiger partial charge in [-0.3, -0.25) is 0 Å². The highest BCUT2D eigenvalue weighted by Crippen LogP contribution is 2.42. The van der Waals surface area contributed by atoms with Crippen molar-refractivity contribution in [3.8, 4) is 0 Å². The van der Waals surface area contributed by atoms with Crippen LogP contribution in [0.5, 0.6) is 0 Å². The van der Waals surface area contributed by atoms with Crippen LogP contribution in [0, 0.1) is 12.3 Å². The number of quaternary nitrogens is 1. The van der Waals surface area contributed by atoms with Crippen LogP contribution in [0.1, 0.15) is 16.7 Å². The lowest BCUT2D eigenvalue weighted by molar-refractivity contribution is -0.786. The number of aryl methyl sites for hydroxylation is 1. The van der Waals surface area contributed by atoms with E-state index in [1.807, 2.05) is 18.2 Å². The number of nitrogens with zero attached hydrogens (tertiary/aromatic N) is 2. The van der Waals surface area contributed by atoms with Gasteiger partial charge in [0, 0.05) is 12.1 Å². The molecule has 0 fully saturated rings. The first-order valence-corrected chi connectivity index (χ1v) is 15.0. The second-order valence-corrected chi connectivity index (χ2v) is 14.4. The molecule has 2 N–H and O–H groups in total. The Kier molecular flexibility index (Phi) is 5.83. The molecule has 0 aromatic heterocycles. The van der Waals surface area contributed by atoms with Crippen LogP contribution in [0.2, 0.25) is 13.1 Å². The largest absolute Gasteiger partial charge is 0.307 e. The van der Waals surface area contributed by atoms with E-state index in [0.29, 0.717) is 5.71 Å². The van der Waals surface area contributed by atoms with Crippen molar-refractivity contribution in [3.05, 3.63) is 112 Å². The lowest BCUT2D eigenvalue weighted by atomic mass is 9.89. The molecule has 0 saturated carbocycles. The quantitative estimate of drug-likeness (QED) is 0.345. The Labute approximate surface area is 208 Å². The minimum Gasteiger partial charge on any atom is -0.307 e. The normalized spacial score (nSPS) is 16.5. The van der Waals surface area contributed by atoms with Gasteiger partial charge in [-0.2, -0.15) is 10.2 Å². The summed E-state index contributed by atoms with van der Waals surface area (Å²) in [6.45, 7) is 6.89. The van der Waals surface area contributed by atoms with E-state index in [4.69, 9.17) is 5.41 Å². The van der Waals surface area contributed by atoms with Crippen molar-refractivity contribution >= 4 is 41.6 Å². The molecule has 3 aromatic carbocycles. The van der Waals surface area contributed by atoms with Crippen LogP contribution in [0.15, 0.2) is 106 Å². The maximum atomic E-state index is 8.32. The molecule has 0 atom stereocenters. The number of hydrogen-bond acceptors (Lipinski definition) is 3. The first-order valence-electron chi connectivity index (χ1n) is 12.0. The zero-order chi connectivity index (χ0) is 24.7. The maximum Gasteiger partial charge on any atom is 0.130 e. The van der Waals surface area contributed by atoms with Crippen LogP contribution in [-0.2, 0) is 0 Å². The number of azo groups is 1. The van der Waals surface area contributed by atoms with Crippen LogP contribution in [-0.4, -0.2) is 27.9 Å². The van der Waals surface area contributed by atoms with E-state index in [-0.39, 0.29) is 0 Å². The SMILES string of the molecule is Cc1cccc(C2=C3C=CC(=N)C=C3[Si](C)(C)c3cc(N=Nc4ccc([NH+](C)C)cc4)ccc32)c1. The summed E-state index contributed by atoms with van der Waals surface area (Å²) in [6.07, 6.45) is 6.12. The number of allylic oxidation sites excluding steroid dienone is 5. The second kappa shape index (κ2) is 8.84. The highest BCUT2D eigenvalue weighted by molar-refractivity contribution is 6.98. The standard InChI is InChI=1S/C30H30N4Si/c1-20-7-6-8-21(17-20)30-26-15-9-22(31)18-28(26)35(4,5)29-19-24(12-16-27(29)30)33-32-23-10-13-25(14-11-23)34(2)3/h6-19,31H,1-5H3/p+1. The molecule has 0 spiro atoms. The molecule has 0 unspecified atom stereocenters. The molecule has 5 heteroatoms. The summed E-state index contributed by atoms with van der Waals surface area (Å²) in [5, 5.41) is 20.1. The van der Waals surface area contributed by atoms with Crippen LogP contribution < -0.4 is 10.1 Å². The fourth-order valence-electron chi connectivity index (χ4n) is 4.99. The van der Waals surface area contributed by atoms with Crippen molar-refractivity contribution in [1.29, 1.82) is 5.41 Å². The van der Waals surface area contributed by atoms with Crippen LogP contribution in [0.3, 0.4) is 0 Å². The lowest BCUT2D eigenvalue weighted by Gasteiger charge is -2.38. The minimum absolute atomic E-state index is 0.565. The third-order valence-electron chi connectivity index (χ3n) is 6.94. The van der Waals surface area contributed by atoms with E-state index >= 15 is 0 Å². The van der Waals surface area contributed by atoms with Gasteiger partial charge in [0.2, 0.25) is 0 Å². The fourth-order valence-corrected chi connectivity index (χ4v) is 8.07. The van der Waals surface area contributed by atoms with Crippen molar-refractivity contribution in [2.45, 2.75) is 20.0 Å². The number of hydrogen-bond donors (Lipinski definition) is 2. The monoisotopic (exact) mass is 475 g/mol. The van der Waals surface area contributed by atoms with E-state index in [1.54, 1.807) is 0 Å². The summed E-state index contributed by atoms with van der Waals surface area (Å²) in [5.74, 6) is 0. The third kappa shape index (κ3) is 4.29. The molecule has 4 nitrogen and oxygen atoms in total. The smallest absolute Gasteiger partial charge is 0.130 e. The highest BCUT2D eigenvalue weighted by Gasteiger charge is 2.39. The average Bonchev–Trinajstić information content (AvgIpc) is 2.84. The van der Waals surface area contributed by atoms with E-state index in [1.165, 1.54) is 48.8 Å². The number of nitrogens with one attached hydrogen (secondary N) is 2. The molecule has 1 heterocycles. The second-order valence-electron chi connectivity index (χ2n) is 10.1.